The van der Waals surface area contributed by atoms with Gasteiger partial charge < -0.3 is 4.84 Å². The first kappa shape index (κ1) is 17.9. The van der Waals surface area contributed by atoms with Crippen molar-refractivity contribution in [1.29, 1.82) is 0 Å². The largest absolute Gasteiger partial charge is 0.303 e. The molecule has 118 valence electrons. The van der Waals surface area contributed by atoms with Crippen molar-refractivity contribution in [3.8, 4) is 0 Å². The van der Waals surface area contributed by atoms with Crippen molar-refractivity contribution < 1.29 is 9.05 Å². The van der Waals surface area contributed by atoms with Gasteiger partial charge in [0.25, 0.3) is 0 Å². The highest BCUT2D eigenvalue weighted by Gasteiger charge is 2.20. The van der Waals surface area contributed by atoms with E-state index in [0.717, 1.165) is 5.69 Å². The maximum Gasteiger partial charge on any atom is 0.145 e. The van der Waals surface area contributed by atoms with Gasteiger partial charge >= 0.3 is 0 Å². The molecule has 1 heterocycles. The van der Waals surface area contributed by atoms with Gasteiger partial charge in [0.15, 0.2) is 0 Å². The smallest absolute Gasteiger partial charge is 0.145 e. The molecule has 1 aromatic rings. The van der Waals surface area contributed by atoms with Gasteiger partial charge in [0.05, 0.1) is 29.5 Å². The maximum absolute atomic E-state index is 12.3. The van der Waals surface area contributed by atoms with Crippen molar-refractivity contribution in [3.63, 3.8) is 0 Å². The highest BCUT2D eigenvalue weighted by molar-refractivity contribution is 7.85. The molecular formula is C14H24N4O2S. The van der Waals surface area contributed by atoms with E-state index in [4.69, 9.17) is 4.84 Å². The summed E-state index contributed by atoms with van der Waals surface area (Å²) in [5, 5.41) is 1.69. The lowest BCUT2D eigenvalue weighted by molar-refractivity contribution is -0.106. The molecule has 6 nitrogen and oxygen atoms in total. The normalized spacial score (nSPS) is 14.5. The Balaban J connectivity index is 3.02. The van der Waals surface area contributed by atoms with Crippen LogP contribution in [0.2, 0.25) is 0 Å². The van der Waals surface area contributed by atoms with Crippen LogP contribution in [-0.4, -0.2) is 50.4 Å². The second-order valence-corrected chi connectivity index (χ2v) is 7.63. The monoisotopic (exact) mass is 312 g/mol. The average molecular weight is 312 g/mol. The van der Waals surface area contributed by atoms with Crippen molar-refractivity contribution >= 4 is 16.7 Å². The van der Waals surface area contributed by atoms with Crippen LogP contribution in [-0.2, 0) is 15.8 Å². The molecule has 1 aromatic heterocycles. The summed E-state index contributed by atoms with van der Waals surface area (Å²) in [5.41, 5.74) is 2.17. The molecular weight excluding hydrogens is 288 g/mol. The minimum absolute atomic E-state index is 0.406. The van der Waals surface area contributed by atoms with Gasteiger partial charge in [-0.15, -0.1) is 0 Å². The van der Waals surface area contributed by atoms with E-state index in [2.05, 4.69) is 14.4 Å². The number of aryl methyl sites for hydroxylation is 1. The van der Waals surface area contributed by atoms with Crippen molar-refractivity contribution in [1.82, 2.24) is 15.0 Å². The molecule has 0 saturated heterocycles. The second kappa shape index (κ2) is 7.72. The molecule has 0 aliphatic carbocycles. The Bertz CT molecular complexity index is 509. The molecule has 0 saturated carbocycles. The van der Waals surface area contributed by atoms with Gasteiger partial charge in [-0.3, -0.25) is 9.97 Å². The number of hydroxylamine groups is 2. The third-order valence-electron chi connectivity index (χ3n) is 2.77. The van der Waals surface area contributed by atoms with Gasteiger partial charge in [-0.25, -0.2) is 4.21 Å². The average Bonchev–Trinajstić information content (AvgIpc) is 2.42. The quantitative estimate of drug-likeness (QED) is 0.593. The second-order valence-electron chi connectivity index (χ2n) is 5.73. The SMILES string of the molecule is CON(C)CCC(=N[S@](=O)C(C)(C)C)c1cnc(C)cn1. The van der Waals surface area contributed by atoms with Crippen LogP contribution in [0.5, 0.6) is 0 Å². The summed E-state index contributed by atoms with van der Waals surface area (Å²) in [5.74, 6) is 0. The van der Waals surface area contributed by atoms with E-state index in [1.54, 1.807) is 24.6 Å². The van der Waals surface area contributed by atoms with Crippen LogP contribution in [0.25, 0.3) is 0 Å². The predicted molar refractivity (Wildman–Crippen MR) is 85.5 cm³/mol. The van der Waals surface area contributed by atoms with Crippen LogP contribution in [0.1, 0.15) is 38.6 Å². The van der Waals surface area contributed by atoms with E-state index in [1.165, 1.54) is 0 Å². The molecule has 21 heavy (non-hydrogen) atoms. The fraction of sp³-hybridized carbons (Fsp3) is 0.643. The molecule has 0 unspecified atom stereocenters. The van der Waals surface area contributed by atoms with Crippen molar-refractivity contribution in [2.75, 3.05) is 20.7 Å². The molecule has 1 rings (SSSR count). The summed E-state index contributed by atoms with van der Waals surface area (Å²) in [6.07, 6.45) is 3.94. The summed E-state index contributed by atoms with van der Waals surface area (Å²) in [6, 6.07) is 0. The topological polar surface area (TPSA) is 67.7 Å². The van der Waals surface area contributed by atoms with Crippen LogP contribution in [0.3, 0.4) is 0 Å². The zero-order chi connectivity index (χ0) is 16.0. The van der Waals surface area contributed by atoms with Gasteiger partial charge in [-0.1, -0.05) is 0 Å². The Hall–Kier alpha value is -1.18. The van der Waals surface area contributed by atoms with E-state index in [1.807, 2.05) is 34.7 Å². The summed E-state index contributed by atoms with van der Waals surface area (Å²) < 4.78 is 16.2. The Morgan fingerprint density at radius 1 is 1.38 bits per heavy atom. The van der Waals surface area contributed by atoms with Gasteiger partial charge in [-0.05, 0) is 27.7 Å². The van der Waals surface area contributed by atoms with E-state index in [-0.39, 0.29) is 0 Å². The third kappa shape index (κ3) is 5.99. The molecule has 0 N–H and O–H groups in total. The molecule has 0 amide bonds. The molecule has 0 spiro atoms. The molecule has 0 fully saturated rings. The lowest BCUT2D eigenvalue weighted by Crippen LogP contribution is -2.24. The zero-order valence-corrected chi connectivity index (χ0v) is 14.4. The zero-order valence-electron chi connectivity index (χ0n) is 13.6. The lowest BCUT2D eigenvalue weighted by atomic mass is 10.2. The predicted octanol–water partition coefficient (Wildman–Crippen LogP) is 1.92. The van der Waals surface area contributed by atoms with Crippen LogP contribution in [0, 0.1) is 6.92 Å². The van der Waals surface area contributed by atoms with Gasteiger partial charge in [0.1, 0.15) is 16.7 Å². The standard InChI is InChI=1S/C14H24N4O2S/c1-11-9-16-13(10-15-11)12(7-8-18(5)20-6)17-21(19)14(2,3)4/h9-10H,7-8H2,1-6H3/t21-/m1/s1. The molecule has 0 radical (unpaired) electrons. The van der Waals surface area contributed by atoms with Crippen molar-refractivity contribution in [2.45, 2.75) is 38.9 Å². The molecule has 7 heteroatoms. The van der Waals surface area contributed by atoms with Crippen LogP contribution >= 0.6 is 0 Å². The van der Waals surface area contributed by atoms with E-state index in [9.17, 15) is 4.21 Å². The summed E-state index contributed by atoms with van der Waals surface area (Å²) >= 11 is 0. The van der Waals surface area contributed by atoms with E-state index < -0.39 is 15.7 Å². The van der Waals surface area contributed by atoms with E-state index >= 15 is 0 Å². The van der Waals surface area contributed by atoms with Gasteiger partial charge in [0.2, 0.25) is 0 Å². The number of hydrogen-bond donors (Lipinski definition) is 0. The number of hydrogen-bond acceptors (Lipinski definition) is 5. The first-order valence-electron chi connectivity index (χ1n) is 6.78. The fourth-order valence-electron chi connectivity index (χ4n) is 1.35. The number of nitrogens with zero attached hydrogens (tertiary/aromatic N) is 4. The third-order valence-corrected chi connectivity index (χ3v) is 4.20. The first-order chi connectivity index (χ1) is 9.74. The first-order valence-corrected chi connectivity index (χ1v) is 7.88. The summed E-state index contributed by atoms with van der Waals surface area (Å²) in [6.45, 7) is 8.19. The van der Waals surface area contributed by atoms with Crippen molar-refractivity contribution in [3.05, 3.63) is 23.8 Å². The number of aromatic nitrogens is 2. The van der Waals surface area contributed by atoms with Crippen LogP contribution < -0.4 is 0 Å². The summed E-state index contributed by atoms with van der Waals surface area (Å²) in [7, 11) is 2.11. The molecule has 0 bridgehead atoms. The lowest BCUT2D eigenvalue weighted by Gasteiger charge is -2.17. The minimum atomic E-state index is -1.33. The Morgan fingerprint density at radius 3 is 2.52 bits per heavy atom. The maximum atomic E-state index is 12.3. The van der Waals surface area contributed by atoms with Crippen molar-refractivity contribution in [2.24, 2.45) is 4.40 Å². The highest BCUT2D eigenvalue weighted by Crippen LogP contribution is 2.14. The molecule has 1 atom stereocenters. The molecule has 0 aliphatic heterocycles. The Labute approximate surface area is 129 Å². The summed E-state index contributed by atoms with van der Waals surface area (Å²) in [4.78, 5) is 13.7. The van der Waals surface area contributed by atoms with Gasteiger partial charge in [-0.2, -0.15) is 9.46 Å². The molecule has 0 aliphatic rings. The Kier molecular flexibility index (Phi) is 6.57. The number of rotatable bonds is 6. The van der Waals surface area contributed by atoms with Gasteiger partial charge in [0, 0.05) is 26.2 Å². The fourth-order valence-corrected chi connectivity index (χ4v) is 2.01. The van der Waals surface area contributed by atoms with Crippen LogP contribution in [0.15, 0.2) is 16.8 Å². The van der Waals surface area contributed by atoms with Crippen LogP contribution in [0.4, 0.5) is 0 Å². The van der Waals surface area contributed by atoms with E-state index in [0.29, 0.717) is 24.4 Å². The highest BCUT2D eigenvalue weighted by atomic mass is 32.2. The Morgan fingerprint density at radius 2 is 2.05 bits per heavy atom. The molecule has 0 aromatic carbocycles. The minimum Gasteiger partial charge on any atom is -0.303 e.